The van der Waals surface area contributed by atoms with E-state index >= 15 is 0 Å². The zero-order valence-corrected chi connectivity index (χ0v) is 11.8. The van der Waals surface area contributed by atoms with Crippen molar-refractivity contribution in [1.82, 2.24) is 0 Å². The lowest BCUT2D eigenvalue weighted by molar-refractivity contribution is -0.173. The highest BCUT2D eigenvalue weighted by Gasteiger charge is 2.56. The van der Waals surface area contributed by atoms with Gasteiger partial charge in [0.25, 0.3) is 0 Å². The monoisotopic (exact) mass is 274 g/mol. The normalized spacial score (nSPS) is 29.5. The number of methoxy groups -OCH3 is 1. The minimum atomic E-state index is -1.50. The molecule has 0 aromatic rings. The van der Waals surface area contributed by atoms with E-state index in [1.54, 1.807) is 7.11 Å². The second-order valence-corrected chi connectivity index (χ2v) is 4.95. The molecule has 2 atom stereocenters. The van der Waals surface area contributed by atoms with Crippen molar-refractivity contribution in [2.24, 2.45) is 0 Å². The Hall–Kier alpha value is -0.950. The largest absolute Gasteiger partial charge is 0.494 e. The molecule has 1 aliphatic heterocycles. The highest BCUT2D eigenvalue weighted by Crippen LogP contribution is 2.43. The molecule has 1 heterocycles. The van der Waals surface area contributed by atoms with Gasteiger partial charge in [0.1, 0.15) is 5.76 Å². The van der Waals surface area contributed by atoms with Gasteiger partial charge in [-0.25, -0.2) is 0 Å². The summed E-state index contributed by atoms with van der Waals surface area (Å²) in [5, 5.41) is 16.2. The second kappa shape index (κ2) is 6.00. The molecule has 1 fully saturated rings. The summed E-state index contributed by atoms with van der Waals surface area (Å²) in [7, 11) is 1.58. The molecule has 19 heavy (non-hydrogen) atoms. The Bertz CT molecular complexity index is 351. The highest BCUT2D eigenvalue weighted by atomic mass is 16.7. The zero-order chi connectivity index (χ0) is 14.7. The summed E-state index contributed by atoms with van der Waals surface area (Å²) >= 11 is 0. The van der Waals surface area contributed by atoms with Crippen LogP contribution >= 0.6 is 0 Å². The van der Waals surface area contributed by atoms with Gasteiger partial charge in [0.15, 0.2) is 23.5 Å². The van der Waals surface area contributed by atoms with Crippen molar-refractivity contribution in [2.75, 3.05) is 13.7 Å². The number of ketones is 1. The molecular formula is C13H22O6. The van der Waals surface area contributed by atoms with Gasteiger partial charge in [0.05, 0.1) is 6.61 Å². The first-order valence-electron chi connectivity index (χ1n) is 6.27. The van der Waals surface area contributed by atoms with Crippen molar-refractivity contribution in [1.29, 1.82) is 0 Å². The molecular weight excluding hydrogens is 252 g/mol. The minimum Gasteiger partial charge on any atom is -0.494 e. The van der Waals surface area contributed by atoms with Crippen LogP contribution in [0, 0.1) is 0 Å². The summed E-state index contributed by atoms with van der Waals surface area (Å²) in [5.41, 5.74) is -0.809. The van der Waals surface area contributed by atoms with E-state index < -0.39 is 11.4 Å². The fraction of sp³-hybridized carbons (Fsp3) is 0.769. The van der Waals surface area contributed by atoms with Crippen LogP contribution in [-0.2, 0) is 19.0 Å². The minimum absolute atomic E-state index is 0.000463. The van der Waals surface area contributed by atoms with Gasteiger partial charge in [-0.1, -0.05) is 0 Å². The number of carbonyl (C=O) groups is 1. The predicted molar refractivity (Wildman–Crippen MR) is 67.1 cm³/mol. The van der Waals surface area contributed by atoms with Crippen molar-refractivity contribution in [3.63, 3.8) is 0 Å². The van der Waals surface area contributed by atoms with Crippen LogP contribution in [0.2, 0.25) is 0 Å². The van der Waals surface area contributed by atoms with Crippen molar-refractivity contribution < 1.29 is 29.2 Å². The van der Waals surface area contributed by atoms with Gasteiger partial charge in [-0.15, -0.1) is 0 Å². The summed E-state index contributed by atoms with van der Waals surface area (Å²) in [5.74, 6) is -0.843. The molecule has 1 spiro atoms. The van der Waals surface area contributed by atoms with E-state index in [-0.39, 0.29) is 12.1 Å². The Labute approximate surface area is 113 Å². The van der Waals surface area contributed by atoms with Gasteiger partial charge in [0.2, 0.25) is 0 Å². The fourth-order valence-electron chi connectivity index (χ4n) is 1.90. The first-order valence-corrected chi connectivity index (χ1v) is 6.27. The topological polar surface area (TPSA) is 85.2 Å². The van der Waals surface area contributed by atoms with E-state index in [1.807, 2.05) is 6.92 Å². The van der Waals surface area contributed by atoms with Gasteiger partial charge >= 0.3 is 0 Å². The van der Waals surface area contributed by atoms with Crippen LogP contribution in [0.5, 0.6) is 0 Å². The lowest BCUT2D eigenvalue weighted by atomic mass is 9.82. The molecule has 0 aromatic heterocycles. The van der Waals surface area contributed by atoms with Crippen LogP contribution in [0.1, 0.15) is 33.6 Å². The van der Waals surface area contributed by atoms with Crippen molar-refractivity contribution in [2.45, 2.75) is 51.3 Å². The SMILES string of the molecule is CC(C)(O)O.CCOC1=CC(=O)C12CCC(OC)O2. The van der Waals surface area contributed by atoms with E-state index in [0.29, 0.717) is 18.8 Å². The summed E-state index contributed by atoms with van der Waals surface area (Å²) < 4.78 is 15.9. The third-order valence-corrected chi connectivity index (χ3v) is 2.69. The van der Waals surface area contributed by atoms with Crippen LogP contribution < -0.4 is 0 Å². The van der Waals surface area contributed by atoms with Gasteiger partial charge in [0, 0.05) is 19.6 Å². The van der Waals surface area contributed by atoms with E-state index in [2.05, 4.69) is 0 Å². The molecule has 0 saturated carbocycles. The second-order valence-electron chi connectivity index (χ2n) is 4.95. The number of carbonyl (C=O) groups excluding carboxylic acids is 1. The first kappa shape index (κ1) is 16.1. The fourth-order valence-corrected chi connectivity index (χ4v) is 1.90. The third-order valence-electron chi connectivity index (χ3n) is 2.69. The average molecular weight is 274 g/mol. The molecule has 0 amide bonds. The zero-order valence-electron chi connectivity index (χ0n) is 11.8. The Morgan fingerprint density at radius 1 is 1.53 bits per heavy atom. The predicted octanol–water partition coefficient (Wildman–Crippen LogP) is 0.718. The standard InChI is InChI=1S/C10H14O4.C3H8O2/c1-3-13-8-6-7(11)10(8)5-4-9(12-2)14-10;1-3(2,4)5/h6,9H,3-5H2,1-2H3;4-5H,1-2H3. The lowest BCUT2D eigenvalue weighted by Crippen LogP contribution is -2.48. The maximum absolute atomic E-state index is 11.5. The van der Waals surface area contributed by atoms with Crippen LogP contribution in [0.3, 0.4) is 0 Å². The Kier molecular flexibility index (Phi) is 5.09. The molecule has 6 nitrogen and oxygen atoms in total. The summed E-state index contributed by atoms with van der Waals surface area (Å²) in [6.45, 7) is 5.04. The van der Waals surface area contributed by atoms with Gasteiger partial charge < -0.3 is 24.4 Å². The molecule has 0 aromatic carbocycles. The number of ether oxygens (including phenoxy) is 3. The number of aliphatic hydroxyl groups is 2. The van der Waals surface area contributed by atoms with Gasteiger partial charge in [-0.3, -0.25) is 4.79 Å². The average Bonchev–Trinajstić information content (AvgIpc) is 2.74. The van der Waals surface area contributed by atoms with Crippen molar-refractivity contribution >= 4 is 5.78 Å². The molecule has 0 radical (unpaired) electrons. The Morgan fingerprint density at radius 3 is 2.47 bits per heavy atom. The first-order chi connectivity index (χ1) is 8.73. The molecule has 2 N–H and O–H groups in total. The maximum Gasteiger partial charge on any atom is 0.198 e. The number of rotatable bonds is 3. The van der Waals surface area contributed by atoms with E-state index in [4.69, 9.17) is 24.4 Å². The highest BCUT2D eigenvalue weighted by molar-refractivity contribution is 6.07. The molecule has 6 heteroatoms. The number of hydrogen-bond donors (Lipinski definition) is 2. The quantitative estimate of drug-likeness (QED) is 0.738. The van der Waals surface area contributed by atoms with Crippen molar-refractivity contribution in [3.8, 4) is 0 Å². The van der Waals surface area contributed by atoms with E-state index in [0.717, 1.165) is 6.42 Å². The summed E-state index contributed by atoms with van der Waals surface area (Å²) in [6.07, 6.45) is 2.63. The Morgan fingerprint density at radius 2 is 2.11 bits per heavy atom. The molecule has 2 aliphatic rings. The summed E-state index contributed by atoms with van der Waals surface area (Å²) in [4.78, 5) is 11.5. The van der Waals surface area contributed by atoms with Crippen LogP contribution in [0.15, 0.2) is 11.8 Å². The van der Waals surface area contributed by atoms with Gasteiger partial charge in [-0.05, 0) is 27.2 Å². The van der Waals surface area contributed by atoms with Crippen LogP contribution in [0.25, 0.3) is 0 Å². The van der Waals surface area contributed by atoms with E-state index in [1.165, 1.54) is 19.9 Å². The molecule has 2 unspecified atom stereocenters. The third kappa shape index (κ3) is 4.01. The molecule has 0 bridgehead atoms. The molecule has 1 aliphatic carbocycles. The lowest BCUT2D eigenvalue weighted by Gasteiger charge is -2.35. The van der Waals surface area contributed by atoms with Crippen LogP contribution in [-0.4, -0.2) is 47.4 Å². The van der Waals surface area contributed by atoms with Crippen molar-refractivity contribution in [3.05, 3.63) is 11.8 Å². The Balaban J connectivity index is 0.000000312. The smallest absolute Gasteiger partial charge is 0.198 e. The molecule has 1 saturated heterocycles. The molecule has 2 rings (SSSR count). The van der Waals surface area contributed by atoms with E-state index in [9.17, 15) is 4.79 Å². The summed E-state index contributed by atoms with van der Waals surface area (Å²) in [6, 6.07) is 0. The maximum atomic E-state index is 11.5. The number of hydrogen-bond acceptors (Lipinski definition) is 6. The van der Waals surface area contributed by atoms with Gasteiger partial charge in [-0.2, -0.15) is 0 Å². The van der Waals surface area contributed by atoms with Crippen LogP contribution in [0.4, 0.5) is 0 Å². The molecule has 110 valence electrons.